The smallest absolute Gasteiger partial charge is 0.350 e. The van der Waals surface area contributed by atoms with Crippen molar-refractivity contribution < 1.29 is 4.74 Å². The van der Waals surface area contributed by atoms with Gasteiger partial charge in [0.05, 0.1) is 12.6 Å². The third-order valence-electron chi connectivity index (χ3n) is 6.22. The van der Waals surface area contributed by atoms with E-state index in [-0.39, 0.29) is 5.92 Å². The molecule has 0 saturated carbocycles. The maximum absolute atomic E-state index is 13.0. The molecule has 0 aliphatic heterocycles. The van der Waals surface area contributed by atoms with Gasteiger partial charge in [-0.05, 0) is 63.6 Å². The SMILES string of the molecule is COc1ccc2[nH]c3c(=O)n(N=CC4CC=C(CCC=C(C)C)CC4C)c(=O)[nH]c3c2c1. The van der Waals surface area contributed by atoms with E-state index in [9.17, 15) is 9.59 Å². The molecule has 0 spiro atoms. The van der Waals surface area contributed by atoms with E-state index >= 15 is 0 Å². The van der Waals surface area contributed by atoms with E-state index in [0.29, 0.717) is 22.7 Å². The summed E-state index contributed by atoms with van der Waals surface area (Å²) in [6, 6.07) is 5.42. The van der Waals surface area contributed by atoms with Gasteiger partial charge < -0.3 is 14.7 Å². The number of aromatic nitrogens is 3. The van der Waals surface area contributed by atoms with E-state index < -0.39 is 11.2 Å². The van der Waals surface area contributed by atoms with Crippen LogP contribution in [0, 0.1) is 11.8 Å². The van der Waals surface area contributed by atoms with E-state index in [1.807, 2.05) is 6.07 Å². The fraction of sp³-hybridized carbons (Fsp3) is 0.400. The summed E-state index contributed by atoms with van der Waals surface area (Å²) < 4.78 is 6.17. The van der Waals surface area contributed by atoms with Crippen LogP contribution in [-0.4, -0.2) is 28.0 Å². The first-order valence-corrected chi connectivity index (χ1v) is 11.1. The molecule has 0 saturated heterocycles. The van der Waals surface area contributed by atoms with Crippen LogP contribution < -0.4 is 16.0 Å². The molecule has 32 heavy (non-hydrogen) atoms. The van der Waals surface area contributed by atoms with Gasteiger partial charge in [0, 0.05) is 23.0 Å². The number of rotatable bonds is 6. The van der Waals surface area contributed by atoms with Crippen LogP contribution in [0.2, 0.25) is 0 Å². The summed E-state index contributed by atoms with van der Waals surface area (Å²) in [4.78, 5) is 31.6. The molecular weight excluding hydrogens is 404 g/mol. The van der Waals surface area contributed by atoms with Gasteiger partial charge in [0.1, 0.15) is 11.3 Å². The Balaban J connectivity index is 1.60. The van der Waals surface area contributed by atoms with E-state index in [1.54, 1.807) is 25.5 Å². The second kappa shape index (κ2) is 9.02. The van der Waals surface area contributed by atoms with Crippen LogP contribution in [-0.2, 0) is 0 Å². The summed E-state index contributed by atoms with van der Waals surface area (Å²) in [5, 5.41) is 5.03. The average Bonchev–Trinajstić information content (AvgIpc) is 3.12. The fourth-order valence-corrected chi connectivity index (χ4v) is 4.34. The monoisotopic (exact) mass is 434 g/mol. The van der Waals surface area contributed by atoms with Gasteiger partial charge in [-0.15, -0.1) is 4.68 Å². The van der Waals surface area contributed by atoms with Gasteiger partial charge in [0.25, 0.3) is 0 Å². The number of ether oxygens (including phenoxy) is 1. The van der Waals surface area contributed by atoms with Crippen LogP contribution in [0.5, 0.6) is 5.75 Å². The van der Waals surface area contributed by atoms with Crippen LogP contribution in [0.15, 0.2) is 56.2 Å². The highest BCUT2D eigenvalue weighted by molar-refractivity contribution is 6.04. The van der Waals surface area contributed by atoms with Crippen molar-refractivity contribution in [3.8, 4) is 5.75 Å². The lowest BCUT2D eigenvalue weighted by Gasteiger charge is -2.25. The van der Waals surface area contributed by atoms with E-state index in [0.717, 1.165) is 41.3 Å². The Kier molecular flexibility index (Phi) is 6.17. The number of allylic oxidation sites excluding steroid dienone is 4. The number of aromatic amines is 2. The molecule has 0 bridgehead atoms. The largest absolute Gasteiger partial charge is 0.497 e. The van der Waals surface area contributed by atoms with Gasteiger partial charge >= 0.3 is 11.2 Å². The number of nitrogens with one attached hydrogen (secondary N) is 2. The summed E-state index contributed by atoms with van der Waals surface area (Å²) in [5.41, 5.74) is 3.35. The van der Waals surface area contributed by atoms with E-state index in [1.165, 1.54) is 11.1 Å². The van der Waals surface area contributed by atoms with Gasteiger partial charge in [-0.1, -0.05) is 30.2 Å². The molecule has 2 N–H and O–H groups in total. The van der Waals surface area contributed by atoms with Crippen LogP contribution >= 0.6 is 0 Å². The molecule has 168 valence electrons. The first kappa shape index (κ1) is 21.9. The zero-order chi connectivity index (χ0) is 22.8. The Hall–Kier alpha value is -3.35. The summed E-state index contributed by atoms with van der Waals surface area (Å²) in [6.07, 6.45) is 10.4. The minimum Gasteiger partial charge on any atom is -0.497 e. The molecule has 1 aliphatic carbocycles. The number of H-pyrrole nitrogens is 2. The second-order valence-corrected chi connectivity index (χ2v) is 8.86. The molecule has 7 heteroatoms. The topological polar surface area (TPSA) is 92.2 Å². The standard InChI is InChI=1S/C25H30N4O3/c1-15(2)6-5-7-17-8-9-18(16(3)12-17)14-26-29-24(30)23-22(28-25(29)31)20-13-19(32-4)10-11-21(20)27-23/h6,8,10-11,13-14,16,18,27H,5,7,9,12H2,1-4H3,(H,28,31). The minimum absolute atomic E-state index is 0.191. The van der Waals surface area contributed by atoms with Gasteiger partial charge in [-0.25, -0.2) is 4.79 Å². The molecule has 2 heterocycles. The Morgan fingerprint density at radius 3 is 2.78 bits per heavy atom. The van der Waals surface area contributed by atoms with E-state index in [4.69, 9.17) is 4.74 Å². The molecule has 1 aromatic carbocycles. The highest BCUT2D eigenvalue weighted by atomic mass is 16.5. The summed E-state index contributed by atoms with van der Waals surface area (Å²) in [7, 11) is 1.58. The summed E-state index contributed by atoms with van der Waals surface area (Å²) in [5.74, 6) is 1.25. The molecule has 1 aliphatic rings. The number of benzene rings is 1. The van der Waals surface area contributed by atoms with Crippen molar-refractivity contribution in [1.82, 2.24) is 14.6 Å². The van der Waals surface area contributed by atoms with Gasteiger partial charge in [-0.2, -0.15) is 5.10 Å². The lowest BCUT2D eigenvalue weighted by Crippen LogP contribution is -2.32. The molecule has 4 rings (SSSR count). The molecule has 0 fully saturated rings. The third-order valence-corrected chi connectivity index (χ3v) is 6.22. The molecule has 2 unspecified atom stereocenters. The zero-order valence-corrected chi connectivity index (χ0v) is 19.1. The molecule has 2 aromatic heterocycles. The lowest BCUT2D eigenvalue weighted by molar-refractivity contribution is 0.415. The predicted octanol–water partition coefficient (Wildman–Crippen LogP) is 4.73. The summed E-state index contributed by atoms with van der Waals surface area (Å²) in [6.45, 7) is 6.45. The fourth-order valence-electron chi connectivity index (χ4n) is 4.34. The lowest BCUT2D eigenvalue weighted by atomic mass is 9.80. The first-order chi connectivity index (χ1) is 15.4. The van der Waals surface area contributed by atoms with Crippen molar-refractivity contribution in [2.24, 2.45) is 16.9 Å². The Morgan fingerprint density at radius 1 is 1.25 bits per heavy atom. The first-order valence-electron chi connectivity index (χ1n) is 11.1. The maximum atomic E-state index is 13.0. The molecule has 0 amide bonds. The van der Waals surface area contributed by atoms with Gasteiger partial charge in [-0.3, -0.25) is 4.79 Å². The molecule has 3 aromatic rings. The molecule has 0 radical (unpaired) electrons. The number of nitrogens with zero attached hydrogens (tertiary/aromatic N) is 2. The molecule has 2 atom stereocenters. The zero-order valence-electron chi connectivity index (χ0n) is 19.1. The predicted molar refractivity (Wildman–Crippen MR) is 130 cm³/mol. The quantitative estimate of drug-likeness (QED) is 0.434. The molecule has 7 nitrogen and oxygen atoms in total. The van der Waals surface area contributed by atoms with Crippen molar-refractivity contribution in [2.75, 3.05) is 7.11 Å². The Labute approximate surface area is 186 Å². The Morgan fingerprint density at radius 2 is 2.06 bits per heavy atom. The average molecular weight is 435 g/mol. The normalized spacial score (nSPS) is 18.9. The van der Waals surface area contributed by atoms with Crippen molar-refractivity contribution in [1.29, 1.82) is 0 Å². The van der Waals surface area contributed by atoms with Crippen LogP contribution in [0.1, 0.15) is 46.5 Å². The second-order valence-electron chi connectivity index (χ2n) is 8.86. The number of hydrogen-bond acceptors (Lipinski definition) is 4. The van der Waals surface area contributed by atoms with E-state index in [2.05, 4.69) is 48.0 Å². The van der Waals surface area contributed by atoms with Gasteiger partial charge in [0.15, 0.2) is 0 Å². The third kappa shape index (κ3) is 4.33. The van der Waals surface area contributed by atoms with Crippen LogP contribution in [0.4, 0.5) is 0 Å². The van der Waals surface area contributed by atoms with Crippen LogP contribution in [0.25, 0.3) is 21.9 Å². The van der Waals surface area contributed by atoms with Crippen molar-refractivity contribution in [2.45, 2.75) is 46.5 Å². The van der Waals surface area contributed by atoms with Crippen molar-refractivity contribution in [3.05, 3.63) is 62.3 Å². The molecular formula is C25H30N4O3. The summed E-state index contributed by atoms with van der Waals surface area (Å²) >= 11 is 0. The number of fused-ring (bicyclic) bond motifs is 3. The maximum Gasteiger partial charge on any atom is 0.350 e. The highest BCUT2D eigenvalue weighted by Crippen LogP contribution is 2.31. The van der Waals surface area contributed by atoms with Crippen molar-refractivity contribution >= 4 is 28.2 Å². The van der Waals surface area contributed by atoms with Crippen molar-refractivity contribution in [3.63, 3.8) is 0 Å². The Bertz CT molecular complexity index is 1350. The minimum atomic E-state index is -0.552. The van der Waals surface area contributed by atoms with Gasteiger partial charge in [0.2, 0.25) is 0 Å². The number of hydrogen-bond donors (Lipinski definition) is 2. The van der Waals surface area contributed by atoms with Crippen LogP contribution in [0.3, 0.4) is 0 Å². The highest BCUT2D eigenvalue weighted by Gasteiger charge is 2.21. The number of methoxy groups -OCH3 is 1.